The lowest BCUT2D eigenvalue weighted by Gasteiger charge is -2.13. The van der Waals surface area contributed by atoms with Crippen LogP contribution < -0.4 is 10.1 Å². The largest absolute Gasteiger partial charge is 0.492 e. The Morgan fingerprint density at radius 3 is 2.58 bits per heavy atom. The first-order valence-corrected chi connectivity index (χ1v) is 9.69. The van der Waals surface area contributed by atoms with Gasteiger partial charge in [-0.2, -0.15) is 0 Å². The first-order valence-electron chi connectivity index (χ1n) is 8.43. The lowest BCUT2D eigenvalue weighted by molar-refractivity contribution is -0.120. The van der Waals surface area contributed by atoms with Gasteiger partial charge in [-0.25, -0.2) is 0 Å². The third-order valence-electron chi connectivity index (χ3n) is 3.89. The molecule has 3 nitrogen and oxygen atoms in total. The summed E-state index contributed by atoms with van der Waals surface area (Å²) in [6, 6.07) is 21.6. The van der Waals surface area contributed by atoms with Gasteiger partial charge in [0, 0.05) is 9.92 Å². The van der Waals surface area contributed by atoms with Gasteiger partial charge in [0.05, 0.1) is 11.8 Å². The van der Waals surface area contributed by atoms with E-state index >= 15 is 0 Å². The molecule has 5 heteroatoms. The van der Waals surface area contributed by atoms with E-state index in [1.807, 2.05) is 61.5 Å². The minimum atomic E-state index is -0.183. The smallest absolute Gasteiger partial charge is 0.233 e. The normalized spacial score (nSPS) is 11.9. The molecule has 0 heterocycles. The van der Waals surface area contributed by atoms with Crippen LogP contribution in [0.4, 0.5) is 0 Å². The first-order chi connectivity index (χ1) is 12.6. The van der Waals surface area contributed by atoms with Gasteiger partial charge in [-0.05, 0) is 54.1 Å². The van der Waals surface area contributed by atoms with Crippen molar-refractivity contribution in [2.45, 2.75) is 17.1 Å². The number of ether oxygens (including phenoxy) is 1. The summed E-state index contributed by atoms with van der Waals surface area (Å²) in [7, 11) is 0. The number of halogens is 1. The van der Waals surface area contributed by atoms with Crippen molar-refractivity contribution < 1.29 is 9.53 Å². The molecular weight excluding hydrogens is 366 g/mol. The van der Waals surface area contributed by atoms with Crippen LogP contribution >= 0.6 is 23.4 Å². The maximum atomic E-state index is 12.2. The van der Waals surface area contributed by atoms with Gasteiger partial charge in [0.15, 0.2) is 0 Å². The Morgan fingerprint density at radius 2 is 1.81 bits per heavy atom. The molecule has 134 valence electrons. The predicted molar refractivity (Wildman–Crippen MR) is 109 cm³/mol. The Kier molecular flexibility index (Phi) is 6.42. The Balaban J connectivity index is 1.43. The topological polar surface area (TPSA) is 38.3 Å². The van der Waals surface area contributed by atoms with E-state index in [2.05, 4.69) is 17.4 Å². The SMILES string of the molecule is C[C@H](Sc1ccc(Cl)cc1)C(=O)NCCOc1ccc2ccccc2c1. The third-order valence-corrected chi connectivity index (χ3v) is 5.25. The molecule has 0 saturated carbocycles. The molecule has 0 aromatic heterocycles. The van der Waals surface area contributed by atoms with Crippen LogP contribution in [0.1, 0.15) is 6.92 Å². The van der Waals surface area contributed by atoms with Gasteiger partial charge in [-0.3, -0.25) is 4.79 Å². The second-order valence-corrected chi connectivity index (χ2v) is 7.71. The van der Waals surface area contributed by atoms with Crippen LogP contribution in [-0.4, -0.2) is 24.3 Å². The van der Waals surface area contributed by atoms with Crippen molar-refractivity contribution in [1.82, 2.24) is 5.32 Å². The van der Waals surface area contributed by atoms with Crippen molar-refractivity contribution in [3.8, 4) is 5.75 Å². The Hall–Kier alpha value is -2.17. The molecule has 1 N–H and O–H groups in total. The summed E-state index contributed by atoms with van der Waals surface area (Å²) >= 11 is 7.38. The number of amides is 1. The van der Waals surface area contributed by atoms with Gasteiger partial charge in [0.2, 0.25) is 5.91 Å². The molecule has 0 fully saturated rings. The molecule has 0 aliphatic carbocycles. The number of fused-ring (bicyclic) bond motifs is 1. The van der Waals surface area contributed by atoms with Crippen LogP contribution in [0.25, 0.3) is 10.8 Å². The van der Waals surface area contributed by atoms with Crippen LogP contribution in [0.15, 0.2) is 71.6 Å². The van der Waals surface area contributed by atoms with Gasteiger partial charge in [-0.15, -0.1) is 11.8 Å². The third kappa shape index (κ3) is 5.16. The molecule has 0 bridgehead atoms. The number of benzene rings is 3. The maximum Gasteiger partial charge on any atom is 0.233 e. The number of carbonyl (C=O) groups excluding carboxylic acids is 1. The summed E-state index contributed by atoms with van der Waals surface area (Å²) in [5.41, 5.74) is 0. The number of nitrogens with one attached hydrogen (secondary N) is 1. The molecule has 0 radical (unpaired) electrons. The van der Waals surface area contributed by atoms with Crippen LogP contribution in [0, 0.1) is 0 Å². The quantitative estimate of drug-likeness (QED) is 0.450. The minimum Gasteiger partial charge on any atom is -0.492 e. The van der Waals surface area contributed by atoms with Crippen molar-refractivity contribution in [3.05, 3.63) is 71.8 Å². The van der Waals surface area contributed by atoms with Gasteiger partial charge >= 0.3 is 0 Å². The maximum absolute atomic E-state index is 12.2. The highest BCUT2D eigenvalue weighted by molar-refractivity contribution is 8.00. The van der Waals surface area contributed by atoms with E-state index in [-0.39, 0.29) is 11.2 Å². The van der Waals surface area contributed by atoms with E-state index < -0.39 is 0 Å². The molecule has 3 rings (SSSR count). The highest BCUT2D eigenvalue weighted by Crippen LogP contribution is 2.24. The van der Waals surface area contributed by atoms with Gasteiger partial charge < -0.3 is 10.1 Å². The van der Waals surface area contributed by atoms with Crippen LogP contribution in [0.2, 0.25) is 5.02 Å². The lowest BCUT2D eigenvalue weighted by Crippen LogP contribution is -2.33. The van der Waals surface area contributed by atoms with E-state index in [9.17, 15) is 4.79 Å². The Bertz CT molecular complexity index is 883. The van der Waals surface area contributed by atoms with Gasteiger partial charge in [-0.1, -0.05) is 41.9 Å². The zero-order valence-electron chi connectivity index (χ0n) is 14.4. The molecule has 0 saturated heterocycles. The van der Waals surface area contributed by atoms with E-state index in [0.717, 1.165) is 16.0 Å². The molecule has 1 amide bonds. The van der Waals surface area contributed by atoms with Crippen LogP contribution in [0.3, 0.4) is 0 Å². The Labute approximate surface area is 162 Å². The number of hydrogen-bond donors (Lipinski definition) is 1. The minimum absolute atomic E-state index is 0.00735. The van der Waals surface area contributed by atoms with Crippen LogP contribution in [0.5, 0.6) is 5.75 Å². The number of carbonyl (C=O) groups is 1. The average molecular weight is 386 g/mol. The zero-order valence-corrected chi connectivity index (χ0v) is 16.0. The van der Waals surface area contributed by atoms with Gasteiger partial charge in [0.25, 0.3) is 0 Å². The summed E-state index contributed by atoms with van der Waals surface area (Å²) in [5, 5.41) is 5.74. The van der Waals surface area contributed by atoms with E-state index in [0.29, 0.717) is 18.2 Å². The fourth-order valence-corrected chi connectivity index (χ4v) is 3.53. The fourth-order valence-electron chi connectivity index (χ4n) is 2.51. The summed E-state index contributed by atoms with van der Waals surface area (Å²) in [5.74, 6) is 0.800. The molecule has 0 aliphatic rings. The highest BCUT2D eigenvalue weighted by atomic mass is 35.5. The molecule has 0 aliphatic heterocycles. The number of thioether (sulfide) groups is 1. The van der Waals surface area contributed by atoms with Gasteiger partial charge in [0.1, 0.15) is 12.4 Å². The monoisotopic (exact) mass is 385 g/mol. The number of hydrogen-bond acceptors (Lipinski definition) is 3. The van der Waals surface area contributed by atoms with E-state index in [1.165, 1.54) is 17.1 Å². The molecule has 3 aromatic carbocycles. The second-order valence-electron chi connectivity index (χ2n) is 5.86. The number of rotatable bonds is 7. The van der Waals surface area contributed by atoms with E-state index in [4.69, 9.17) is 16.3 Å². The summed E-state index contributed by atoms with van der Waals surface area (Å²) in [4.78, 5) is 13.2. The summed E-state index contributed by atoms with van der Waals surface area (Å²) in [6.45, 7) is 2.79. The summed E-state index contributed by atoms with van der Waals surface area (Å²) in [6.07, 6.45) is 0. The molecule has 26 heavy (non-hydrogen) atoms. The standard InChI is InChI=1S/C21H20ClNO2S/c1-15(26-20-10-7-18(22)8-11-20)21(24)23-12-13-25-19-9-6-16-4-2-3-5-17(16)14-19/h2-11,14-15H,12-13H2,1H3,(H,23,24)/t15-/m0/s1. The molecule has 0 unspecified atom stereocenters. The highest BCUT2D eigenvalue weighted by Gasteiger charge is 2.13. The zero-order chi connectivity index (χ0) is 18.4. The summed E-state index contributed by atoms with van der Waals surface area (Å²) < 4.78 is 5.74. The molecule has 0 spiro atoms. The lowest BCUT2D eigenvalue weighted by atomic mass is 10.1. The van der Waals surface area contributed by atoms with Crippen molar-refractivity contribution in [2.24, 2.45) is 0 Å². The van der Waals surface area contributed by atoms with E-state index in [1.54, 1.807) is 0 Å². The predicted octanol–water partition coefficient (Wildman–Crippen LogP) is 5.17. The average Bonchev–Trinajstić information content (AvgIpc) is 2.66. The van der Waals surface area contributed by atoms with Crippen molar-refractivity contribution in [1.29, 1.82) is 0 Å². The molecule has 1 atom stereocenters. The molecular formula is C21H20ClNO2S. The van der Waals surface area contributed by atoms with Crippen molar-refractivity contribution >= 4 is 40.0 Å². The van der Waals surface area contributed by atoms with Crippen molar-refractivity contribution in [2.75, 3.05) is 13.2 Å². The first kappa shape index (κ1) is 18.6. The van der Waals surface area contributed by atoms with Crippen LogP contribution in [-0.2, 0) is 4.79 Å². The second kappa shape index (κ2) is 8.97. The molecule has 3 aromatic rings. The fraction of sp³-hybridized carbons (Fsp3) is 0.190. The van der Waals surface area contributed by atoms with Crippen molar-refractivity contribution in [3.63, 3.8) is 0 Å². The Morgan fingerprint density at radius 1 is 1.08 bits per heavy atom.